The SMILES string of the molecule is CC(C)NCc1cccc(F)c1OCCCF. The minimum absolute atomic E-state index is 0.201. The van der Waals surface area contributed by atoms with Gasteiger partial charge in [-0.2, -0.15) is 0 Å². The highest BCUT2D eigenvalue weighted by atomic mass is 19.1. The van der Waals surface area contributed by atoms with E-state index in [1.165, 1.54) is 6.07 Å². The second-order valence-electron chi connectivity index (χ2n) is 4.15. The van der Waals surface area contributed by atoms with Crippen molar-refractivity contribution in [3.63, 3.8) is 0 Å². The lowest BCUT2D eigenvalue weighted by molar-refractivity contribution is 0.274. The maximum Gasteiger partial charge on any atom is 0.165 e. The zero-order valence-electron chi connectivity index (χ0n) is 10.3. The third-order valence-electron chi connectivity index (χ3n) is 2.27. The lowest BCUT2D eigenvalue weighted by atomic mass is 10.2. The van der Waals surface area contributed by atoms with Crippen LogP contribution >= 0.6 is 0 Å². The summed E-state index contributed by atoms with van der Waals surface area (Å²) in [6, 6.07) is 5.12. The minimum Gasteiger partial charge on any atom is -0.490 e. The van der Waals surface area contributed by atoms with Crippen LogP contribution in [0.5, 0.6) is 5.75 Å². The normalized spacial score (nSPS) is 10.9. The van der Waals surface area contributed by atoms with Gasteiger partial charge in [0, 0.05) is 24.6 Å². The molecule has 4 heteroatoms. The van der Waals surface area contributed by atoms with Crippen LogP contribution in [-0.2, 0) is 6.54 Å². The van der Waals surface area contributed by atoms with Gasteiger partial charge in [-0.1, -0.05) is 26.0 Å². The summed E-state index contributed by atoms with van der Waals surface area (Å²) < 4.78 is 30.8. The molecular weight excluding hydrogens is 224 g/mol. The van der Waals surface area contributed by atoms with Gasteiger partial charge < -0.3 is 10.1 Å². The standard InChI is InChI=1S/C13H19F2NO/c1-10(2)16-9-11-5-3-6-12(15)13(11)17-8-4-7-14/h3,5-6,10,16H,4,7-9H2,1-2H3. The molecule has 2 nitrogen and oxygen atoms in total. The van der Waals surface area contributed by atoms with E-state index in [4.69, 9.17) is 4.74 Å². The summed E-state index contributed by atoms with van der Waals surface area (Å²) >= 11 is 0. The smallest absolute Gasteiger partial charge is 0.165 e. The first kappa shape index (κ1) is 13.9. The fourth-order valence-electron chi connectivity index (χ4n) is 1.40. The van der Waals surface area contributed by atoms with E-state index in [1.54, 1.807) is 6.07 Å². The lowest BCUT2D eigenvalue weighted by Gasteiger charge is -2.14. The van der Waals surface area contributed by atoms with Crippen molar-refractivity contribution in [2.75, 3.05) is 13.3 Å². The number of alkyl halides is 1. The van der Waals surface area contributed by atoms with Crippen LogP contribution in [0.1, 0.15) is 25.8 Å². The van der Waals surface area contributed by atoms with Crippen molar-refractivity contribution in [3.05, 3.63) is 29.6 Å². The van der Waals surface area contributed by atoms with Crippen LogP contribution in [-0.4, -0.2) is 19.3 Å². The van der Waals surface area contributed by atoms with E-state index in [0.717, 1.165) is 5.56 Å². The van der Waals surface area contributed by atoms with Gasteiger partial charge in [0.25, 0.3) is 0 Å². The van der Waals surface area contributed by atoms with E-state index in [-0.39, 0.29) is 18.8 Å². The Kier molecular flexibility index (Phi) is 5.91. The molecule has 17 heavy (non-hydrogen) atoms. The molecule has 0 aliphatic heterocycles. The molecule has 0 bridgehead atoms. The second-order valence-corrected chi connectivity index (χ2v) is 4.15. The van der Waals surface area contributed by atoms with Crippen LogP contribution in [0.15, 0.2) is 18.2 Å². The first-order valence-corrected chi connectivity index (χ1v) is 5.84. The highest BCUT2D eigenvalue weighted by molar-refractivity contribution is 5.34. The van der Waals surface area contributed by atoms with Gasteiger partial charge in [0.15, 0.2) is 11.6 Å². The number of halogens is 2. The van der Waals surface area contributed by atoms with E-state index in [0.29, 0.717) is 12.6 Å². The molecule has 1 N–H and O–H groups in total. The average molecular weight is 243 g/mol. The Hall–Kier alpha value is -1.16. The zero-order valence-corrected chi connectivity index (χ0v) is 10.3. The maximum absolute atomic E-state index is 13.6. The summed E-state index contributed by atoms with van der Waals surface area (Å²) in [5.74, 6) is -0.166. The molecule has 0 unspecified atom stereocenters. The molecule has 0 atom stereocenters. The monoisotopic (exact) mass is 243 g/mol. The van der Waals surface area contributed by atoms with E-state index < -0.39 is 12.5 Å². The molecule has 0 fully saturated rings. The van der Waals surface area contributed by atoms with Crippen molar-refractivity contribution in [1.29, 1.82) is 0 Å². The van der Waals surface area contributed by atoms with Crippen molar-refractivity contribution in [1.82, 2.24) is 5.32 Å². The summed E-state index contributed by atoms with van der Waals surface area (Å²) in [7, 11) is 0. The first-order chi connectivity index (χ1) is 8.15. The molecule has 0 aliphatic rings. The van der Waals surface area contributed by atoms with Gasteiger partial charge in [-0.05, 0) is 6.07 Å². The predicted octanol–water partition coefficient (Wildman–Crippen LogP) is 3.06. The Morgan fingerprint density at radius 2 is 2.12 bits per heavy atom. The fraction of sp³-hybridized carbons (Fsp3) is 0.538. The van der Waals surface area contributed by atoms with Crippen molar-refractivity contribution < 1.29 is 13.5 Å². The Labute approximate surface area is 101 Å². The second kappa shape index (κ2) is 7.22. The molecule has 0 aromatic heterocycles. The van der Waals surface area contributed by atoms with Crippen molar-refractivity contribution in [3.8, 4) is 5.75 Å². The molecular formula is C13H19F2NO. The number of para-hydroxylation sites is 1. The van der Waals surface area contributed by atoms with E-state index >= 15 is 0 Å². The molecule has 0 radical (unpaired) electrons. The summed E-state index contributed by atoms with van der Waals surface area (Å²) in [5.41, 5.74) is 0.762. The van der Waals surface area contributed by atoms with Crippen molar-refractivity contribution in [2.24, 2.45) is 0 Å². The predicted molar refractivity (Wildman–Crippen MR) is 64.5 cm³/mol. The van der Waals surface area contributed by atoms with E-state index in [1.807, 2.05) is 19.9 Å². The highest BCUT2D eigenvalue weighted by Gasteiger charge is 2.09. The quantitative estimate of drug-likeness (QED) is 0.743. The van der Waals surface area contributed by atoms with E-state index in [2.05, 4.69) is 5.32 Å². The van der Waals surface area contributed by atoms with Crippen LogP contribution < -0.4 is 10.1 Å². The third-order valence-corrected chi connectivity index (χ3v) is 2.27. The number of ether oxygens (including phenoxy) is 1. The Bertz CT molecular complexity index is 342. The molecule has 0 saturated heterocycles. The Balaban J connectivity index is 2.69. The molecule has 0 heterocycles. The molecule has 0 amide bonds. The molecule has 0 saturated carbocycles. The van der Waals surface area contributed by atoms with Gasteiger partial charge in [0.1, 0.15) is 0 Å². The van der Waals surface area contributed by atoms with Crippen LogP contribution in [0.4, 0.5) is 8.78 Å². The van der Waals surface area contributed by atoms with Gasteiger partial charge in [0.05, 0.1) is 13.3 Å². The molecule has 1 aromatic rings. The maximum atomic E-state index is 13.6. The molecule has 0 aliphatic carbocycles. The van der Waals surface area contributed by atoms with Crippen LogP contribution in [0.25, 0.3) is 0 Å². The minimum atomic E-state index is -0.450. The first-order valence-electron chi connectivity index (χ1n) is 5.84. The molecule has 0 spiro atoms. The molecule has 1 aromatic carbocycles. The average Bonchev–Trinajstić information content (AvgIpc) is 2.29. The van der Waals surface area contributed by atoms with Gasteiger partial charge >= 0.3 is 0 Å². The number of hydrogen-bond acceptors (Lipinski definition) is 2. The van der Waals surface area contributed by atoms with Gasteiger partial charge in [0.2, 0.25) is 0 Å². The number of rotatable bonds is 7. The molecule has 96 valence electrons. The Morgan fingerprint density at radius 1 is 1.35 bits per heavy atom. The fourth-order valence-corrected chi connectivity index (χ4v) is 1.40. The summed E-state index contributed by atoms with van der Waals surface area (Å²) in [6.45, 7) is 4.33. The number of hydrogen-bond donors (Lipinski definition) is 1. The van der Waals surface area contributed by atoms with Gasteiger partial charge in [-0.25, -0.2) is 4.39 Å². The third kappa shape index (κ3) is 4.69. The number of nitrogens with one attached hydrogen (secondary N) is 1. The summed E-state index contributed by atoms with van der Waals surface area (Å²) in [6.07, 6.45) is 0.283. The van der Waals surface area contributed by atoms with Crippen LogP contribution in [0.3, 0.4) is 0 Å². The van der Waals surface area contributed by atoms with Crippen molar-refractivity contribution in [2.45, 2.75) is 32.9 Å². The van der Waals surface area contributed by atoms with Gasteiger partial charge in [-0.15, -0.1) is 0 Å². The topological polar surface area (TPSA) is 21.3 Å². The number of benzene rings is 1. The highest BCUT2D eigenvalue weighted by Crippen LogP contribution is 2.22. The van der Waals surface area contributed by atoms with Crippen LogP contribution in [0.2, 0.25) is 0 Å². The van der Waals surface area contributed by atoms with Gasteiger partial charge in [-0.3, -0.25) is 4.39 Å². The summed E-state index contributed by atoms with van der Waals surface area (Å²) in [4.78, 5) is 0. The van der Waals surface area contributed by atoms with Crippen LogP contribution in [0, 0.1) is 5.82 Å². The van der Waals surface area contributed by atoms with E-state index in [9.17, 15) is 8.78 Å². The largest absolute Gasteiger partial charge is 0.490 e. The zero-order chi connectivity index (χ0) is 12.7. The van der Waals surface area contributed by atoms with Crippen molar-refractivity contribution >= 4 is 0 Å². The molecule has 1 rings (SSSR count). The Morgan fingerprint density at radius 3 is 2.76 bits per heavy atom. The summed E-state index contributed by atoms with van der Waals surface area (Å²) in [5, 5.41) is 3.20. The lowest BCUT2D eigenvalue weighted by Crippen LogP contribution is -2.22.